The Morgan fingerprint density at radius 2 is 2.04 bits per heavy atom. The van der Waals surface area contributed by atoms with E-state index in [1.54, 1.807) is 0 Å². The Morgan fingerprint density at radius 1 is 1.21 bits per heavy atom. The molecule has 2 heterocycles. The SMILES string of the molecule is C[C@H](C(=O)NCc1nnc2ccccn12)c1ccc(C[C@H]2CCCC2=O)cc1. The Bertz CT molecular complexity index is 993. The number of fused-ring (bicyclic) bond motifs is 1. The first-order chi connectivity index (χ1) is 13.6. The average Bonchev–Trinajstić information content (AvgIpc) is 3.32. The average molecular weight is 376 g/mol. The molecule has 1 aromatic carbocycles. The molecule has 0 bridgehead atoms. The van der Waals surface area contributed by atoms with Gasteiger partial charge >= 0.3 is 0 Å². The van der Waals surface area contributed by atoms with Crippen LogP contribution in [0.4, 0.5) is 0 Å². The van der Waals surface area contributed by atoms with Crippen LogP contribution < -0.4 is 5.32 Å². The molecule has 144 valence electrons. The third kappa shape index (κ3) is 3.81. The van der Waals surface area contributed by atoms with E-state index in [1.165, 1.54) is 0 Å². The van der Waals surface area contributed by atoms with Gasteiger partial charge in [0.25, 0.3) is 0 Å². The van der Waals surface area contributed by atoms with E-state index in [1.807, 2.05) is 60.0 Å². The van der Waals surface area contributed by atoms with Crippen LogP contribution in [0.3, 0.4) is 0 Å². The summed E-state index contributed by atoms with van der Waals surface area (Å²) in [6.07, 6.45) is 5.42. The highest BCUT2D eigenvalue weighted by atomic mass is 16.2. The molecule has 4 rings (SSSR count). The molecular formula is C22H24N4O2. The molecule has 1 N–H and O–H groups in total. The van der Waals surface area contributed by atoms with Crippen molar-refractivity contribution < 1.29 is 9.59 Å². The van der Waals surface area contributed by atoms with E-state index in [0.29, 0.717) is 18.2 Å². The van der Waals surface area contributed by atoms with Crippen LogP contribution in [0.5, 0.6) is 0 Å². The number of carbonyl (C=O) groups is 2. The fraction of sp³-hybridized carbons (Fsp3) is 0.364. The summed E-state index contributed by atoms with van der Waals surface area (Å²) in [5.74, 6) is 0.947. The molecule has 0 spiro atoms. The van der Waals surface area contributed by atoms with Gasteiger partial charge in [-0.3, -0.25) is 14.0 Å². The smallest absolute Gasteiger partial charge is 0.227 e. The second-order valence-electron chi connectivity index (χ2n) is 7.49. The lowest BCUT2D eigenvalue weighted by molar-refractivity contribution is -0.122. The van der Waals surface area contributed by atoms with Crippen molar-refractivity contribution >= 4 is 17.3 Å². The number of carbonyl (C=O) groups excluding carboxylic acids is 2. The lowest BCUT2D eigenvalue weighted by atomic mass is 9.94. The summed E-state index contributed by atoms with van der Waals surface area (Å²) >= 11 is 0. The highest BCUT2D eigenvalue weighted by Crippen LogP contribution is 2.26. The lowest BCUT2D eigenvalue weighted by Gasteiger charge is -2.14. The fourth-order valence-corrected chi connectivity index (χ4v) is 3.81. The zero-order valence-electron chi connectivity index (χ0n) is 16.0. The van der Waals surface area contributed by atoms with E-state index in [0.717, 1.165) is 42.5 Å². The van der Waals surface area contributed by atoms with Crippen LogP contribution >= 0.6 is 0 Å². The monoisotopic (exact) mass is 376 g/mol. The molecule has 1 aliphatic carbocycles. The van der Waals surface area contributed by atoms with Crippen LogP contribution in [-0.2, 0) is 22.6 Å². The summed E-state index contributed by atoms with van der Waals surface area (Å²) in [6, 6.07) is 13.7. The molecule has 6 nitrogen and oxygen atoms in total. The van der Waals surface area contributed by atoms with Crippen molar-refractivity contribution in [1.82, 2.24) is 19.9 Å². The number of ketones is 1. The van der Waals surface area contributed by atoms with Gasteiger partial charge in [-0.15, -0.1) is 10.2 Å². The largest absolute Gasteiger partial charge is 0.348 e. The molecule has 0 saturated heterocycles. The van der Waals surface area contributed by atoms with Gasteiger partial charge in [-0.1, -0.05) is 30.3 Å². The Kier molecular flexibility index (Phi) is 5.19. The fourth-order valence-electron chi connectivity index (χ4n) is 3.81. The number of benzene rings is 1. The molecule has 1 saturated carbocycles. The topological polar surface area (TPSA) is 76.4 Å². The van der Waals surface area contributed by atoms with Gasteiger partial charge in [-0.2, -0.15) is 0 Å². The minimum atomic E-state index is -0.263. The van der Waals surface area contributed by atoms with Crippen LogP contribution in [0.2, 0.25) is 0 Å². The number of pyridine rings is 1. The first-order valence-electron chi connectivity index (χ1n) is 9.80. The van der Waals surface area contributed by atoms with Gasteiger partial charge in [0.1, 0.15) is 5.78 Å². The second kappa shape index (κ2) is 7.92. The summed E-state index contributed by atoms with van der Waals surface area (Å²) in [5.41, 5.74) is 2.88. The maximum Gasteiger partial charge on any atom is 0.227 e. The quantitative estimate of drug-likeness (QED) is 0.717. The van der Waals surface area contributed by atoms with Gasteiger partial charge in [0.05, 0.1) is 12.5 Å². The van der Waals surface area contributed by atoms with Crippen LogP contribution in [0, 0.1) is 5.92 Å². The number of aromatic nitrogens is 3. The molecular weight excluding hydrogens is 352 g/mol. The van der Waals surface area contributed by atoms with E-state index < -0.39 is 0 Å². The normalized spacial score (nSPS) is 17.8. The van der Waals surface area contributed by atoms with Crippen molar-refractivity contribution in [3.05, 3.63) is 65.6 Å². The number of hydrogen-bond donors (Lipinski definition) is 1. The molecule has 0 unspecified atom stereocenters. The molecule has 0 radical (unpaired) electrons. The summed E-state index contributed by atoms with van der Waals surface area (Å²) < 4.78 is 1.87. The van der Waals surface area contributed by atoms with Crippen molar-refractivity contribution in [3.8, 4) is 0 Å². The van der Waals surface area contributed by atoms with E-state index in [4.69, 9.17) is 0 Å². The summed E-state index contributed by atoms with van der Waals surface area (Å²) in [7, 11) is 0. The number of hydrogen-bond acceptors (Lipinski definition) is 4. The number of amides is 1. The minimum Gasteiger partial charge on any atom is -0.348 e. The number of rotatable bonds is 6. The second-order valence-corrected chi connectivity index (χ2v) is 7.49. The molecule has 6 heteroatoms. The van der Waals surface area contributed by atoms with Gasteiger partial charge in [0.2, 0.25) is 5.91 Å². The minimum absolute atomic E-state index is 0.0496. The molecule has 0 aliphatic heterocycles. The first-order valence-corrected chi connectivity index (χ1v) is 9.80. The van der Waals surface area contributed by atoms with Gasteiger partial charge in [0, 0.05) is 18.5 Å². The van der Waals surface area contributed by atoms with E-state index in [-0.39, 0.29) is 17.7 Å². The van der Waals surface area contributed by atoms with Crippen molar-refractivity contribution in [2.75, 3.05) is 0 Å². The van der Waals surface area contributed by atoms with E-state index in [9.17, 15) is 9.59 Å². The van der Waals surface area contributed by atoms with Crippen LogP contribution in [0.25, 0.3) is 5.65 Å². The molecule has 2 atom stereocenters. The van der Waals surface area contributed by atoms with Gasteiger partial charge in [-0.25, -0.2) is 0 Å². The predicted octanol–water partition coefficient (Wildman–Crippen LogP) is 3.06. The number of nitrogens with one attached hydrogen (secondary N) is 1. The molecule has 1 aliphatic rings. The highest BCUT2D eigenvalue weighted by Gasteiger charge is 2.24. The van der Waals surface area contributed by atoms with Gasteiger partial charge in [-0.05, 0) is 49.4 Å². The van der Waals surface area contributed by atoms with Crippen molar-refractivity contribution in [2.24, 2.45) is 5.92 Å². The van der Waals surface area contributed by atoms with Crippen molar-refractivity contribution in [1.29, 1.82) is 0 Å². The number of Topliss-reactive ketones (excluding diaryl/α,β-unsaturated/α-hetero) is 1. The summed E-state index contributed by atoms with van der Waals surface area (Å²) in [5, 5.41) is 11.2. The Morgan fingerprint density at radius 3 is 2.79 bits per heavy atom. The van der Waals surface area contributed by atoms with Crippen LogP contribution in [0.15, 0.2) is 48.7 Å². The molecule has 3 aromatic rings. The van der Waals surface area contributed by atoms with E-state index >= 15 is 0 Å². The third-order valence-electron chi connectivity index (χ3n) is 5.59. The summed E-state index contributed by atoms with van der Waals surface area (Å²) in [6.45, 7) is 2.23. The first kappa shape index (κ1) is 18.3. The summed E-state index contributed by atoms with van der Waals surface area (Å²) in [4.78, 5) is 24.4. The Balaban J connectivity index is 1.36. The Hall–Kier alpha value is -3.02. The van der Waals surface area contributed by atoms with Gasteiger partial charge in [0.15, 0.2) is 11.5 Å². The lowest BCUT2D eigenvalue weighted by Crippen LogP contribution is -2.28. The van der Waals surface area contributed by atoms with Crippen LogP contribution in [-0.4, -0.2) is 26.3 Å². The Labute approximate surface area is 164 Å². The maximum atomic E-state index is 12.6. The standard InChI is InChI=1S/C22H24N4O2/c1-15(17-10-8-16(9-11-17)13-18-5-4-6-19(18)27)22(28)23-14-21-25-24-20-7-2-3-12-26(20)21/h2-3,7-12,15,18H,4-6,13-14H2,1H3,(H,23,28)/t15-,18+/m0/s1. The molecule has 1 amide bonds. The zero-order chi connectivity index (χ0) is 19.5. The molecule has 2 aromatic heterocycles. The molecule has 1 fully saturated rings. The number of nitrogens with zero attached hydrogens (tertiary/aromatic N) is 3. The van der Waals surface area contributed by atoms with Gasteiger partial charge < -0.3 is 5.32 Å². The third-order valence-corrected chi connectivity index (χ3v) is 5.59. The zero-order valence-corrected chi connectivity index (χ0v) is 16.0. The van der Waals surface area contributed by atoms with E-state index in [2.05, 4.69) is 15.5 Å². The maximum absolute atomic E-state index is 12.6. The predicted molar refractivity (Wildman–Crippen MR) is 106 cm³/mol. The molecule has 28 heavy (non-hydrogen) atoms. The van der Waals surface area contributed by atoms with Crippen molar-refractivity contribution in [3.63, 3.8) is 0 Å². The van der Waals surface area contributed by atoms with Crippen molar-refractivity contribution in [2.45, 2.75) is 45.1 Å². The highest BCUT2D eigenvalue weighted by molar-refractivity contribution is 5.83. The van der Waals surface area contributed by atoms with Crippen LogP contribution in [0.1, 0.15) is 49.1 Å².